The number of hydrogen-bond acceptors (Lipinski definition) is 3. The van der Waals surface area contributed by atoms with Gasteiger partial charge in [-0.15, -0.1) is 0 Å². The van der Waals surface area contributed by atoms with Crippen LogP contribution >= 0.6 is 0 Å². The van der Waals surface area contributed by atoms with Crippen molar-refractivity contribution in [2.24, 2.45) is 0 Å². The predicted octanol–water partition coefficient (Wildman–Crippen LogP) is 2.98. The van der Waals surface area contributed by atoms with Crippen LogP contribution in [0.4, 0.5) is 11.4 Å². The van der Waals surface area contributed by atoms with E-state index in [0.717, 1.165) is 38.4 Å². The van der Waals surface area contributed by atoms with Crippen LogP contribution in [0, 0.1) is 0 Å². The largest absolute Gasteiger partial charge is 0.399 e. The van der Waals surface area contributed by atoms with Crippen molar-refractivity contribution in [3.8, 4) is 0 Å². The molecule has 0 atom stereocenters. The van der Waals surface area contributed by atoms with Gasteiger partial charge in [0.1, 0.15) is 0 Å². The number of rotatable bonds is 3. The molecule has 0 aliphatic carbocycles. The van der Waals surface area contributed by atoms with Crippen LogP contribution in [0.5, 0.6) is 0 Å². The van der Waals surface area contributed by atoms with Crippen molar-refractivity contribution in [3.63, 3.8) is 0 Å². The molecule has 110 valence electrons. The molecule has 0 radical (unpaired) electrons. The lowest BCUT2D eigenvalue weighted by atomic mass is 10.2. The van der Waals surface area contributed by atoms with E-state index in [9.17, 15) is 0 Å². The smallest absolute Gasteiger partial charge is 0.0366 e. The SMILES string of the molecule is Nc1cccc(CN2CCCN(c3ccccc3)CC2)c1. The summed E-state index contributed by atoms with van der Waals surface area (Å²) in [5, 5.41) is 0. The Morgan fingerprint density at radius 3 is 2.52 bits per heavy atom. The molecule has 0 aromatic heterocycles. The molecule has 3 nitrogen and oxygen atoms in total. The van der Waals surface area contributed by atoms with E-state index in [1.807, 2.05) is 12.1 Å². The first-order valence-corrected chi connectivity index (χ1v) is 7.68. The zero-order chi connectivity index (χ0) is 14.5. The van der Waals surface area contributed by atoms with Gasteiger partial charge in [0, 0.05) is 44.1 Å². The van der Waals surface area contributed by atoms with E-state index in [2.05, 4.69) is 52.3 Å². The molecule has 2 aromatic carbocycles. The Morgan fingerprint density at radius 2 is 1.71 bits per heavy atom. The van der Waals surface area contributed by atoms with Gasteiger partial charge in [0.2, 0.25) is 0 Å². The molecular formula is C18H23N3. The number of nitrogen functional groups attached to an aromatic ring is 1. The van der Waals surface area contributed by atoms with Crippen molar-refractivity contribution in [1.29, 1.82) is 0 Å². The second-order valence-corrected chi connectivity index (χ2v) is 5.70. The summed E-state index contributed by atoms with van der Waals surface area (Å²) in [6.45, 7) is 5.47. The minimum absolute atomic E-state index is 0.855. The first-order chi connectivity index (χ1) is 10.3. The second kappa shape index (κ2) is 6.64. The Morgan fingerprint density at radius 1 is 0.857 bits per heavy atom. The van der Waals surface area contributed by atoms with Crippen LogP contribution in [0.15, 0.2) is 54.6 Å². The standard InChI is InChI=1S/C18H23N3/c19-17-7-4-6-16(14-17)15-20-10-5-11-21(13-12-20)18-8-2-1-3-9-18/h1-4,6-9,14H,5,10-13,15,19H2. The highest BCUT2D eigenvalue weighted by molar-refractivity contribution is 5.46. The lowest BCUT2D eigenvalue weighted by molar-refractivity contribution is 0.285. The average Bonchev–Trinajstić information content (AvgIpc) is 2.74. The van der Waals surface area contributed by atoms with E-state index in [4.69, 9.17) is 5.73 Å². The van der Waals surface area contributed by atoms with Crippen molar-refractivity contribution >= 4 is 11.4 Å². The van der Waals surface area contributed by atoms with Gasteiger partial charge in [-0.1, -0.05) is 30.3 Å². The fourth-order valence-electron chi connectivity index (χ4n) is 2.98. The molecule has 0 saturated carbocycles. The molecule has 1 saturated heterocycles. The van der Waals surface area contributed by atoms with Crippen LogP contribution in [-0.4, -0.2) is 31.1 Å². The first-order valence-electron chi connectivity index (χ1n) is 7.68. The zero-order valence-corrected chi connectivity index (χ0v) is 12.4. The van der Waals surface area contributed by atoms with Gasteiger partial charge in [0.15, 0.2) is 0 Å². The van der Waals surface area contributed by atoms with Gasteiger partial charge in [0.25, 0.3) is 0 Å². The van der Waals surface area contributed by atoms with E-state index in [0.29, 0.717) is 0 Å². The van der Waals surface area contributed by atoms with Crippen LogP contribution in [0.1, 0.15) is 12.0 Å². The predicted molar refractivity (Wildman–Crippen MR) is 89.4 cm³/mol. The molecule has 2 aromatic rings. The normalized spacial score (nSPS) is 16.7. The quantitative estimate of drug-likeness (QED) is 0.878. The third-order valence-electron chi connectivity index (χ3n) is 4.07. The Hall–Kier alpha value is -2.00. The maximum Gasteiger partial charge on any atom is 0.0366 e. The fourth-order valence-corrected chi connectivity index (χ4v) is 2.98. The molecule has 0 amide bonds. The van der Waals surface area contributed by atoms with Crippen molar-refractivity contribution in [2.75, 3.05) is 36.8 Å². The van der Waals surface area contributed by atoms with E-state index < -0.39 is 0 Å². The summed E-state index contributed by atoms with van der Waals surface area (Å²) in [7, 11) is 0. The summed E-state index contributed by atoms with van der Waals surface area (Å²) in [5.74, 6) is 0. The van der Waals surface area contributed by atoms with Crippen molar-refractivity contribution in [2.45, 2.75) is 13.0 Å². The maximum absolute atomic E-state index is 5.87. The Labute approximate surface area is 127 Å². The minimum Gasteiger partial charge on any atom is -0.399 e. The molecule has 21 heavy (non-hydrogen) atoms. The van der Waals surface area contributed by atoms with E-state index in [1.54, 1.807) is 0 Å². The molecule has 1 heterocycles. The van der Waals surface area contributed by atoms with Crippen molar-refractivity contribution < 1.29 is 0 Å². The lowest BCUT2D eigenvalue weighted by Crippen LogP contribution is -2.30. The summed E-state index contributed by atoms with van der Waals surface area (Å²) < 4.78 is 0. The monoisotopic (exact) mass is 281 g/mol. The molecule has 3 rings (SSSR count). The van der Waals surface area contributed by atoms with E-state index in [-0.39, 0.29) is 0 Å². The van der Waals surface area contributed by atoms with Crippen LogP contribution in [0.25, 0.3) is 0 Å². The Kier molecular flexibility index (Phi) is 4.41. The fraction of sp³-hybridized carbons (Fsp3) is 0.333. The average molecular weight is 281 g/mol. The Balaban J connectivity index is 1.61. The summed E-state index contributed by atoms with van der Waals surface area (Å²) in [6.07, 6.45) is 1.21. The topological polar surface area (TPSA) is 32.5 Å². The highest BCUT2D eigenvalue weighted by Crippen LogP contribution is 2.17. The van der Waals surface area contributed by atoms with E-state index in [1.165, 1.54) is 17.7 Å². The van der Waals surface area contributed by atoms with Gasteiger partial charge in [-0.05, 0) is 36.2 Å². The zero-order valence-electron chi connectivity index (χ0n) is 12.4. The molecule has 0 bridgehead atoms. The highest BCUT2D eigenvalue weighted by Gasteiger charge is 2.15. The van der Waals surface area contributed by atoms with Crippen LogP contribution in [0.3, 0.4) is 0 Å². The summed E-state index contributed by atoms with van der Waals surface area (Å²) in [5.41, 5.74) is 9.37. The number of anilines is 2. The van der Waals surface area contributed by atoms with Gasteiger partial charge in [-0.25, -0.2) is 0 Å². The van der Waals surface area contributed by atoms with Gasteiger partial charge in [-0.3, -0.25) is 4.90 Å². The molecule has 1 aliphatic rings. The van der Waals surface area contributed by atoms with Crippen LogP contribution in [-0.2, 0) is 6.54 Å². The van der Waals surface area contributed by atoms with Gasteiger partial charge >= 0.3 is 0 Å². The summed E-state index contributed by atoms with van der Waals surface area (Å²) in [4.78, 5) is 5.01. The summed E-state index contributed by atoms with van der Waals surface area (Å²) >= 11 is 0. The van der Waals surface area contributed by atoms with Gasteiger partial charge < -0.3 is 10.6 Å². The molecular weight excluding hydrogens is 258 g/mol. The number of hydrogen-bond donors (Lipinski definition) is 1. The lowest BCUT2D eigenvalue weighted by Gasteiger charge is -2.23. The van der Waals surface area contributed by atoms with E-state index >= 15 is 0 Å². The van der Waals surface area contributed by atoms with Crippen LogP contribution < -0.4 is 10.6 Å². The molecule has 0 spiro atoms. The molecule has 2 N–H and O–H groups in total. The number of para-hydroxylation sites is 1. The molecule has 3 heteroatoms. The van der Waals surface area contributed by atoms with Crippen molar-refractivity contribution in [1.82, 2.24) is 4.90 Å². The van der Waals surface area contributed by atoms with Gasteiger partial charge in [0.05, 0.1) is 0 Å². The highest BCUT2D eigenvalue weighted by atomic mass is 15.2. The second-order valence-electron chi connectivity index (χ2n) is 5.70. The molecule has 1 fully saturated rings. The first kappa shape index (κ1) is 14.0. The third kappa shape index (κ3) is 3.76. The number of benzene rings is 2. The summed E-state index contributed by atoms with van der Waals surface area (Å²) in [6, 6.07) is 18.9. The Bertz CT molecular complexity index is 568. The maximum atomic E-state index is 5.87. The third-order valence-corrected chi connectivity index (χ3v) is 4.07. The molecule has 0 unspecified atom stereocenters. The van der Waals surface area contributed by atoms with Crippen molar-refractivity contribution in [3.05, 3.63) is 60.2 Å². The number of nitrogens with zero attached hydrogens (tertiary/aromatic N) is 2. The molecule has 1 aliphatic heterocycles. The van der Waals surface area contributed by atoms with Gasteiger partial charge in [-0.2, -0.15) is 0 Å². The van der Waals surface area contributed by atoms with Crippen LogP contribution in [0.2, 0.25) is 0 Å². The number of nitrogens with two attached hydrogens (primary N) is 1. The minimum atomic E-state index is 0.855.